The van der Waals surface area contributed by atoms with Gasteiger partial charge in [-0.15, -0.1) is 0 Å². The van der Waals surface area contributed by atoms with Crippen molar-refractivity contribution in [2.24, 2.45) is 0 Å². The number of nitrogens with zero attached hydrogens (tertiary/aromatic N) is 3. The van der Waals surface area contributed by atoms with Crippen LogP contribution < -0.4 is 0 Å². The number of aromatic nitrogens is 3. The van der Waals surface area contributed by atoms with Crippen molar-refractivity contribution in [3.8, 4) is 17.2 Å². The SMILES string of the molecule is Fc1ccc2c(c1)cc(-c1ccccc1)n2-c1ncccn1. The van der Waals surface area contributed by atoms with Crippen molar-refractivity contribution in [1.29, 1.82) is 0 Å². The van der Waals surface area contributed by atoms with Gasteiger partial charge in [0.25, 0.3) is 0 Å². The number of fused-ring (bicyclic) bond motifs is 1. The summed E-state index contributed by atoms with van der Waals surface area (Å²) in [4.78, 5) is 8.68. The van der Waals surface area contributed by atoms with Gasteiger partial charge in [0, 0.05) is 17.8 Å². The number of rotatable bonds is 2. The van der Waals surface area contributed by atoms with E-state index in [9.17, 15) is 4.39 Å². The molecular formula is C18H12FN3. The molecule has 0 fully saturated rings. The van der Waals surface area contributed by atoms with Crippen molar-refractivity contribution in [2.45, 2.75) is 0 Å². The van der Waals surface area contributed by atoms with Gasteiger partial charge < -0.3 is 0 Å². The fraction of sp³-hybridized carbons (Fsp3) is 0. The first kappa shape index (κ1) is 12.7. The van der Waals surface area contributed by atoms with Crippen LogP contribution in [0.25, 0.3) is 28.1 Å². The van der Waals surface area contributed by atoms with Gasteiger partial charge in [-0.25, -0.2) is 14.4 Å². The Bertz CT molecular complexity index is 931. The van der Waals surface area contributed by atoms with Crippen molar-refractivity contribution < 1.29 is 4.39 Å². The summed E-state index contributed by atoms with van der Waals surface area (Å²) in [5.41, 5.74) is 2.85. The second-order valence-corrected chi connectivity index (χ2v) is 4.98. The topological polar surface area (TPSA) is 30.7 Å². The quantitative estimate of drug-likeness (QED) is 0.553. The lowest BCUT2D eigenvalue weighted by Crippen LogP contribution is -2.01. The standard InChI is InChI=1S/C18H12FN3/c19-15-7-8-16-14(11-15)12-17(13-5-2-1-3-6-13)22(16)18-20-9-4-10-21-18/h1-12H. The maximum Gasteiger partial charge on any atom is 0.234 e. The summed E-state index contributed by atoms with van der Waals surface area (Å²) in [7, 11) is 0. The molecule has 2 aromatic carbocycles. The molecule has 4 heteroatoms. The van der Waals surface area contributed by atoms with Gasteiger partial charge in [0.05, 0.1) is 11.2 Å². The second-order valence-electron chi connectivity index (χ2n) is 4.98. The molecule has 2 heterocycles. The minimum Gasteiger partial charge on any atom is -0.278 e. The molecule has 0 N–H and O–H groups in total. The summed E-state index contributed by atoms with van der Waals surface area (Å²) in [6.45, 7) is 0. The average Bonchev–Trinajstić information content (AvgIpc) is 2.95. The minimum atomic E-state index is -0.252. The molecule has 0 saturated carbocycles. The van der Waals surface area contributed by atoms with E-state index in [0.29, 0.717) is 5.95 Å². The lowest BCUT2D eigenvalue weighted by molar-refractivity contribution is 0.629. The predicted octanol–water partition coefficient (Wildman–Crippen LogP) is 4.23. The summed E-state index contributed by atoms with van der Waals surface area (Å²) in [5.74, 6) is 0.321. The molecule has 4 aromatic rings. The molecule has 3 nitrogen and oxygen atoms in total. The average molecular weight is 289 g/mol. The van der Waals surface area contributed by atoms with E-state index in [-0.39, 0.29) is 5.82 Å². The number of hydrogen-bond acceptors (Lipinski definition) is 2. The molecule has 0 unspecified atom stereocenters. The highest BCUT2D eigenvalue weighted by Crippen LogP contribution is 2.30. The first-order valence-electron chi connectivity index (χ1n) is 6.97. The highest BCUT2D eigenvalue weighted by atomic mass is 19.1. The predicted molar refractivity (Wildman–Crippen MR) is 84.3 cm³/mol. The summed E-state index contributed by atoms with van der Waals surface area (Å²) in [5, 5.41) is 0.825. The van der Waals surface area contributed by atoms with Crippen LogP contribution in [-0.2, 0) is 0 Å². The zero-order chi connectivity index (χ0) is 14.9. The molecule has 106 valence electrons. The third-order valence-corrected chi connectivity index (χ3v) is 3.59. The number of benzene rings is 2. The van der Waals surface area contributed by atoms with Gasteiger partial charge in [0.2, 0.25) is 5.95 Å². The van der Waals surface area contributed by atoms with Crippen LogP contribution in [0.2, 0.25) is 0 Å². The minimum absolute atomic E-state index is 0.252. The Hall–Kier alpha value is -3.01. The molecule has 0 aliphatic carbocycles. The second kappa shape index (κ2) is 5.07. The zero-order valence-corrected chi connectivity index (χ0v) is 11.6. The maximum absolute atomic E-state index is 13.5. The Labute approximate surface area is 126 Å². The highest BCUT2D eigenvalue weighted by Gasteiger charge is 2.14. The van der Waals surface area contributed by atoms with Gasteiger partial charge in [0.1, 0.15) is 5.82 Å². The van der Waals surface area contributed by atoms with Crippen LogP contribution in [0.4, 0.5) is 4.39 Å². The molecule has 0 aliphatic heterocycles. The van der Waals surface area contributed by atoms with Crippen LogP contribution in [0.3, 0.4) is 0 Å². The molecule has 0 spiro atoms. The summed E-state index contributed by atoms with van der Waals surface area (Å²) in [6.07, 6.45) is 3.40. The van der Waals surface area contributed by atoms with Gasteiger partial charge in [-0.1, -0.05) is 30.3 Å². The number of halogens is 1. The number of hydrogen-bond donors (Lipinski definition) is 0. The van der Waals surface area contributed by atoms with E-state index >= 15 is 0 Å². The van der Waals surface area contributed by atoms with Crippen molar-refractivity contribution in [2.75, 3.05) is 0 Å². The molecule has 22 heavy (non-hydrogen) atoms. The first-order valence-corrected chi connectivity index (χ1v) is 6.97. The van der Waals surface area contributed by atoms with Crippen LogP contribution >= 0.6 is 0 Å². The van der Waals surface area contributed by atoms with E-state index in [1.807, 2.05) is 41.0 Å². The molecule has 0 amide bonds. The van der Waals surface area contributed by atoms with Crippen LogP contribution in [-0.4, -0.2) is 14.5 Å². The van der Waals surface area contributed by atoms with Crippen LogP contribution in [0.5, 0.6) is 0 Å². The van der Waals surface area contributed by atoms with E-state index in [0.717, 1.165) is 22.2 Å². The molecule has 0 saturated heterocycles. The van der Waals surface area contributed by atoms with Gasteiger partial charge in [-0.2, -0.15) is 0 Å². The van der Waals surface area contributed by atoms with E-state index in [4.69, 9.17) is 0 Å². The zero-order valence-electron chi connectivity index (χ0n) is 11.6. The van der Waals surface area contributed by atoms with Crippen LogP contribution in [0.1, 0.15) is 0 Å². The summed E-state index contributed by atoms with van der Waals surface area (Å²) >= 11 is 0. The van der Waals surface area contributed by atoms with E-state index in [1.54, 1.807) is 24.5 Å². The van der Waals surface area contributed by atoms with Crippen molar-refractivity contribution in [1.82, 2.24) is 14.5 Å². The lowest BCUT2D eigenvalue weighted by Gasteiger charge is -2.08. The third kappa shape index (κ3) is 2.05. The molecule has 0 radical (unpaired) electrons. The van der Waals surface area contributed by atoms with Gasteiger partial charge >= 0.3 is 0 Å². The molecular weight excluding hydrogens is 277 g/mol. The van der Waals surface area contributed by atoms with Gasteiger partial charge in [-0.3, -0.25) is 4.57 Å². The molecule has 2 aromatic heterocycles. The fourth-order valence-electron chi connectivity index (χ4n) is 2.63. The highest BCUT2D eigenvalue weighted by molar-refractivity contribution is 5.88. The summed E-state index contributed by atoms with van der Waals surface area (Å²) in [6, 6.07) is 18.4. The Balaban J connectivity index is 2.07. The van der Waals surface area contributed by atoms with E-state index < -0.39 is 0 Å². The Morgan fingerprint density at radius 3 is 2.36 bits per heavy atom. The van der Waals surface area contributed by atoms with E-state index in [2.05, 4.69) is 9.97 Å². The largest absolute Gasteiger partial charge is 0.278 e. The third-order valence-electron chi connectivity index (χ3n) is 3.59. The lowest BCUT2D eigenvalue weighted by atomic mass is 10.1. The van der Waals surface area contributed by atoms with Crippen molar-refractivity contribution in [3.05, 3.63) is 78.9 Å². The maximum atomic E-state index is 13.5. The Morgan fingerprint density at radius 1 is 0.818 bits per heavy atom. The molecule has 0 bridgehead atoms. The fourth-order valence-corrected chi connectivity index (χ4v) is 2.63. The molecule has 0 aliphatic rings. The van der Waals surface area contributed by atoms with E-state index in [1.165, 1.54) is 12.1 Å². The smallest absolute Gasteiger partial charge is 0.234 e. The summed E-state index contributed by atoms with van der Waals surface area (Å²) < 4.78 is 15.5. The Morgan fingerprint density at radius 2 is 1.59 bits per heavy atom. The van der Waals surface area contributed by atoms with Crippen molar-refractivity contribution >= 4 is 10.9 Å². The normalized spacial score (nSPS) is 11.0. The monoisotopic (exact) mass is 289 g/mol. The molecule has 4 rings (SSSR count). The van der Waals surface area contributed by atoms with Gasteiger partial charge in [-0.05, 0) is 35.9 Å². The van der Waals surface area contributed by atoms with Crippen molar-refractivity contribution in [3.63, 3.8) is 0 Å². The van der Waals surface area contributed by atoms with Gasteiger partial charge in [0.15, 0.2) is 0 Å². The molecule has 0 atom stereocenters. The van der Waals surface area contributed by atoms with Crippen LogP contribution in [0, 0.1) is 5.82 Å². The first-order chi connectivity index (χ1) is 10.8. The Kier molecular flexibility index (Phi) is 2.93. The van der Waals surface area contributed by atoms with Crippen LogP contribution in [0.15, 0.2) is 73.1 Å².